The Morgan fingerprint density at radius 1 is 1.58 bits per heavy atom. The Morgan fingerprint density at radius 3 is 3.17 bits per heavy atom. The maximum Gasteiger partial charge on any atom is 0.137 e. The molecule has 1 aliphatic heterocycles. The number of hydrogen-bond donors (Lipinski definition) is 2. The molecule has 0 aromatic carbocycles. The van der Waals surface area contributed by atoms with E-state index in [1.165, 1.54) is 6.20 Å². The van der Waals surface area contributed by atoms with Gasteiger partial charge >= 0.3 is 0 Å². The average Bonchev–Trinajstić information content (AvgIpc) is 2.57. The molecule has 0 radical (unpaired) electrons. The Balaban J connectivity index is 2.26. The van der Waals surface area contributed by atoms with Crippen molar-refractivity contribution < 1.29 is 5.11 Å². The highest BCUT2D eigenvalue weighted by Gasteiger charge is 2.18. The molecule has 2 heterocycles. The van der Waals surface area contributed by atoms with E-state index in [9.17, 15) is 5.11 Å². The summed E-state index contributed by atoms with van der Waals surface area (Å²) in [6.45, 7) is 2.02. The first-order valence-electron chi connectivity index (χ1n) is 4.21. The molecule has 2 rings (SSSR count). The van der Waals surface area contributed by atoms with Gasteiger partial charge < -0.3 is 10.4 Å². The number of aromatic nitrogens is 1. The molecule has 3 heteroatoms. The van der Waals surface area contributed by atoms with Crippen molar-refractivity contribution in [2.45, 2.75) is 12.3 Å². The lowest BCUT2D eigenvalue weighted by molar-refractivity contribution is 0.460. The molecule has 0 aliphatic carbocycles. The highest BCUT2D eigenvalue weighted by molar-refractivity contribution is 5.32. The van der Waals surface area contributed by atoms with E-state index in [0.29, 0.717) is 11.7 Å². The fraction of sp³-hybridized carbons (Fsp3) is 0.444. The summed E-state index contributed by atoms with van der Waals surface area (Å²) in [6.07, 6.45) is 4.35. The van der Waals surface area contributed by atoms with E-state index in [0.717, 1.165) is 25.1 Å². The molecule has 2 N–H and O–H groups in total. The van der Waals surface area contributed by atoms with Crippen molar-refractivity contribution in [3.8, 4) is 5.75 Å². The standard InChI is InChI=1S/C9H12N2O/c12-9-6-11-4-2-8(9)7-1-3-10-5-7/h2,4,6-7,10,12H,1,3,5H2. The summed E-state index contributed by atoms with van der Waals surface area (Å²) in [5.74, 6) is 0.791. The minimum atomic E-state index is 0.325. The molecular weight excluding hydrogens is 152 g/mol. The van der Waals surface area contributed by atoms with Crippen molar-refractivity contribution in [1.82, 2.24) is 10.3 Å². The number of pyridine rings is 1. The minimum Gasteiger partial charge on any atom is -0.506 e. The molecule has 1 atom stereocenters. The number of hydrogen-bond acceptors (Lipinski definition) is 3. The maximum atomic E-state index is 9.48. The molecule has 0 saturated carbocycles. The number of nitrogens with zero attached hydrogens (tertiary/aromatic N) is 1. The van der Waals surface area contributed by atoms with Crippen molar-refractivity contribution in [3.05, 3.63) is 24.0 Å². The lowest BCUT2D eigenvalue weighted by atomic mass is 9.99. The summed E-state index contributed by atoms with van der Waals surface area (Å²) in [4.78, 5) is 3.85. The zero-order valence-corrected chi connectivity index (χ0v) is 6.83. The molecule has 3 nitrogen and oxygen atoms in total. The fourth-order valence-corrected chi connectivity index (χ4v) is 1.66. The van der Waals surface area contributed by atoms with Crippen LogP contribution in [-0.2, 0) is 0 Å². The second-order valence-corrected chi connectivity index (χ2v) is 3.12. The van der Waals surface area contributed by atoms with Gasteiger partial charge in [-0.05, 0) is 19.0 Å². The molecular formula is C9H12N2O. The van der Waals surface area contributed by atoms with E-state index in [4.69, 9.17) is 0 Å². The number of nitrogens with one attached hydrogen (secondary N) is 1. The number of aromatic hydroxyl groups is 1. The van der Waals surface area contributed by atoms with Gasteiger partial charge in [0.05, 0.1) is 6.20 Å². The second kappa shape index (κ2) is 3.11. The van der Waals surface area contributed by atoms with Gasteiger partial charge in [0.1, 0.15) is 5.75 Å². The van der Waals surface area contributed by atoms with Crippen molar-refractivity contribution in [2.75, 3.05) is 13.1 Å². The predicted molar refractivity (Wildman–Crippen MR) is 46.1 cm³/mol. The fourth-order valence-electron chi connectivity index (χ4n) is 1.66. The van der Waals surface area contributed by atoms with Gasteiger partial charge in [-0.15, -0.1) is 0 Å². The van der Waals surface area contributed by atoms with Crippen molar-refractivity contribution in [3.63, 3.8) is 0 Å². The Hall–Kier alpha value is -1.09. The summed E-state index contributed by atoms with van der Waals surface area (Å²) < 4.78 is 0. The highest BCUT2D eigenvalue weighted by atomic mass is 16.3. The summed E-state index contributed by atoms with van der Waals surface area (Å²) in [5, 5.41) is 12.7. The normalized spacial score (nSPS) is 22.8. The topological polar surface area (TPSA) is 45.2 Å². The Kier molecular flexibility index (Phi) is 1.96. The third kappa shape index (κ3) is 1.28. The quantitative estimate of drug-likeness (QED) is 0.647. The van der Waals surface area contributed by atoms with Gasteiger partial charge in [0.25, 0.3) is 0 Å². The van der Waals surface area contributed by atoms with Crippen LogP contribution in [0.4, 0.5) is 0 Å². The lowest BCUT2D eigenvalue weighted by Gasteiger charge is -2.09. The molecule has 1 aromatic heterocycles. The maximum absolute atomic E-state index is 9.48. The number of rotatable bonds is 1. The van der Waals surface area contributed by atoms with Crippen LogP contribution in [0.3, 0.4) is 0 Å². The molecule has 0 spiro atoms. The van der Waals surface area contributed by atoms with Crippen LogP contribution in [0.1, 0.15) is 17.9 Å². The first-order valence-corrected chi connectivity index (χ1v) is 4.21. The highest BCUT2D eigenvalue weighted by Crippen LogP contribution is 2.28. The first-order chi connectivity index (χ1) is 5.88. The van der Waals surface area contributed by atoms with Crippen LogP contribution in [0, 0.1) is 0 Å². The zero-order chi connectivity index (χ0) is 8.39. The Labute approximate surface area is 71.4 Å². The molecule has 1 aliphatic rings. The molecule has 0 amide bonds. The van der Waals surface area contributed by atoms with Gasteiger partial charge in [0.15, 0.2) is 0 Å². The summed E-state index contributed by atoms with van der Waals surface area (Å²) in [5.41, 5.74) is 1.02. The first kappa shape index (κ1) is 7.55. The second-order valence-electron chi connectivity index (χ2n) is 3.12. The van der Waals surface area contributed by atoms with Crippen molar-refractivity contribution in [2.24, 2.45) is 0 Å². The Morgan fingerprint density at radius 2 is 2.50 bits per heavy atom. The average molecular weight is 164 g/mol. The molecule has 64 valence electrons. The van der Waals surface area contributed by atoms with E-state index < -0.39 is 0 Å². The van der Waals surface area contributed by atoms with Crippen molar-refractivity contribution in [1.29, 1.82) is 0 Å². The molecule has 12 heavy (non-hydrogen) atoms. The molecule has 1 saturated heterocycles. The van der Waals surface area contributed by atoms with Crippen LogP contribution < -0.4 is 5.32 Å². The minimum absolute atomic E-state index is 0.325. The van der Waals surface area contributed by atoms with Gasteiger partial charge in [0.2, 0.25) is 0 Å². The monoisotopic (exact) mass is 164 g/mol. The largest absolute Gasteiger partial charge is 0.506 e. The van der Waals surface area contributed by atoms with E-state index in [2.05, 4.69) is 10.3 Å². The van der Waals surface area contributed by atoms with Crippen LogP contribution in [0.15, 0.2) is 18.5 Å². The van der Waals surface area contributed by atoms with Gasteiger partial charge in [-0.2, -0.15) is 0 Å². The van der Waals surface area contributed by atoms with E-state index in [1.54, 1.807) is 6.20 Å². The smallest absolute Gasteiger partial charge is 0.137 e. The third-order valence-electron chi connectivity index (χ3n) is 2.33. The van der Waals surface area contributed by atoms with E-state index in [1.807, 2.05) is 6.07 Å². The summed E-state index contributed by atoms with van der Waals surface area (Å²) in [6, 6.07) is 1.90. The molecule has 1 aromatic rings. The zero-order valence-electron chi connectivity index (χ0n) is 6.83. The van der Waals surface area contributed by atoms with Crippen LogP contribution in [0.25, 0.3) is 0 Å². The van der Waals surface area contributed by atoms with Gasteiger partial charge in [-0.25, -0.2) is 0 Å². The van der Waals surface area contributed by atoms with E-state index in [-0.39, 0.29) is 0 Å². The molecule has 1 fully saturated rings. The van der Waals surface area contributed by atoms with Crippen LogP contribution in [-0.4, -0.2) is 23.2 Å². The van der Waals surface area contributed by atoms with Gasteiger partial charge in [0, 0.05) is 24.2 Å². The third-order valence-corrected chi connectivity index (χ3v) is 2.33. The Bertz CT molecular complexity index is 269. The van der Waals surface area contributed by atoms with Crippen LogP contribution in [0.2, 0.25) is 0 Å². The van der Waals surface area contributed by atoms with Crippen LogP contribution in [0.5, 0.6) is 5.75 Å². The molecule has 0 bridgehead atoms. The molecule has 1 unspecified atom stereocenters. The van der Waals surface area contributed by atoms with Gasteiger partial charge in [-0.3, -0.25) is 4.98 Å². The summed E-state index contributed by atoms with van der Waals surface area (Å²) in [7, 11) is 0. The van der Waals surface area contributed by atoms with Crippen LogP contribution >= 0.6 is 0 Å². The van der Waals surface area contributed by atoms with Crippen molar-refractivity contribution >= 4 is 0 Å². The predicted octanol–water partition coefficient (Wildman–Crippen LogP) is 0.864. The van der Waals surface area contributed by atoms with E-state index >= 15 is 0 Å². The summed E-state index contributed by atoms with van der Waals surface area (Å²) >= 11 is 0. The van der Waals surface area contributed by atoms with Gasteiger partial charge in [-0.1, -0.05) is 0 Å². The lowest BCUT2D eigenvalue weighted by Crippen LogP contribution is -2.08. The SMILES string of the molecule is Oc1cnccc1C1CCNC1.